The van der Waals surface area contributed by atoms with Crippen molar-refractivity contribution in [3.63, 3.8) is 0 Å². The van der Waals surface area contributed by atoms with Crippen molar-refractivity contribution in [1.29, 1.82) is 0 Å². The van der Waals surface area contributed by atoms with E-state index < -0.39 is 0 Å². The van der Waals surface area contributed by atoms with Gasteiger partial charge in [-0.2, -0.15) is 0 Å². The average molecular weight is 262 g/mol. The number of nitrogen functional groups attached to an aromatic ring is 1. The van der Waals surface area contributed by atoms with E-state index >= 15 is 0 Å². The maximum atomic E-state index is 11.9. The van der Waals surface area contributed by atoms with Gasteiger partial charge in [0.1, 0.15) is 0 Å². The van der Waals surface area contributed by atoms with E-state index in [0.29, 0.717) is 23.5 Å². The van der Waals surface area contributed by atoms with Crippen LogP contribution < -0.4 is 11.1 Å². The first-order valence-corrected chi connectivity index (χ1v) is 6.43. The number of thiazole rings is 1. The molecule has 0 aliphatic heterocycles. The normalized spacial score (nSPS) is 10.3. The summed E-state index contributed by atoms with van der Waals surface area (Å²) in [4.78, 5) is 20.1. The van der Waals surface area contributed by atoms with Gasteiger partial charge >= 0.3 is 0 Å². The van der Waals surface area contributed by atoms with Crippen molar-refractivity contribution in [2.45, 2.75) is 13.3 Å². The van der Waals surface area contributed by atoms with Gasteiger partial charge in [-0.3, -0.25) is 9.78 Å². The van der Waals surface area contributed by atoms with Crippen LogP contribution in [-0.2, 0) is 6.42 Å². The lowest BCUT2D eigenvalue weighted by Gasteiger charge is -2.07. The Labute approximate surface area is 109 Å². The number of anilines is 1. The number of nitrogens with one attached hydrogen (secondary N) is 1. The van der Waals surface area contributed by atoms with Gasteiger partial charge in [0.15, 0.2) is 0 Å². The number of rotatable bonds is 4. The van der Waals surface area contributed by atoms with E-state index in [9.17, 15) is 4.79 Å². The second-order valence-corrected chi connectivity index (χ2v) is 4.81. The van der Waals surface area contributed by atoms with Crippen LogP contribution in [0.4, 0.5) is 5.69 Å². The molecule has 6 heteroatoms. The van der Waals surface area contributed by atoms with Gasteiger partial charge in [-0.15, -0.1) is 11.3 Å². The Balaban J connectivity index is 1.93. The van der Waals surface area contributed by atoms with E-state index in [1.54, 1.807) is 36.7 Å². The number of nitrogens with two attached hydrogens (primary N) is 1. The van der Waals surface area contributed by atoms with Crippen LogP contribution in [-0.4, -0.2) is 22.4 Å². The van der Waals surface area contributed by atoms with E-state index in [2.05, 4.69) is 15.3 Å². The minimum Gasteiger partial charge on any atom is -0.397 e. The second-order valence-electron chi connectivity index (χ2n) is 3.83. The Bertz CT molecular complexity index is 539. The second kappa shape index (κ2) is 5.59. The molecule has 0 spiro atoms. The molecule has 2 aromatic heterocycles. The lowest BCUT2D eigenvalue weighted by molar-refractivity contribution is 0.0953. The monoisotopic (exact) mass is 262 g/mol. The van der Waals surface area contributed by atoms with Crippen LogP contribution in [0.3, 0.4) is 0 Å². The highest BCUT2D eigenvalue weighted by atomic mass is 32.1. The lowest BCUT2D eigenvalue weighted by Crippen LogP contribution is -2.26. The van der Waals surface area contributed by atoms with Gasteiger partial charge in [-0.25, -0.2) is 4.98 Å². The Kier molecular flexibility index (Phi) is 3.88. The smallest absolute Gasteiger partial charge is 0.253 e. The molecule has 0 unspecified atom stereocenters. The third-order valence-corrected chi connectivity index (χ3v) is 3.30. The van der Waals surface area contributed by atoms with Crippen LogP contribution in [0.2, 0.25) is 0 Å². The summed E-state index contributed by atoms with van der Waals surface area (Å²) in [5.74, 6) is -0.149. The molecule has 0 aromatic carbocycles. The largest absolute Gasteiger partial charge is 0.397 e. The number of nitrogens with zero attached hydrogens (tertiary/aromatic N) is 2. The van der Waals surface area contributed by atoms with Crippen LogP contribution in [0.25, 0.3) is 0 Å². The number of amides is 1. The Morgan fingerprint density at radius 2 is 2.33 bits per heavy atom. The van der Waals surface area contributed by atoms with Crippen molar-refractivity contribution >= 4 is 22.9 Å². The van der Waals surface area contributed by atoms with E-state index in [1.165, 1.54) is 0 Å². The van der Waals surface area contributed by atoms with Gasteiger partial charge in [0.05, 0.1) is 28.1 Å². The Hall–Kier alpha value is -1.95. The summed E-state index contributed by atoms with van der Waals surface area (Å²) in [6.45, 7) is 2.34. The quantitative estimate of drug-likeness (QED) is 0.872. The molecule has 2 heterocycles. The first-order chi connectivity index (χ1) is 8.66. The van der Waals surface area contributed by atoms with E-state index in [1.807, 2.05) is 5.38 Å². The number of pyridine rings is 1. The molecular formula is C12H14N4OS. The zero-order valence-corrected chi connectivity index (χ0v) is 10.8. The van der Waals surface area contributed by atoms with Crippen LogP contribution in [0.15, 0.2) is 23.8 Å². The fraction of sp³-hybridized carbons (Fsp3) is 0.250. The van der Waals surface area contributed by atoms with Gasteiger partial charge in [0.2, 0.25) is 0 Å². The van der Waals surface area contributed by atoms with Gasteiger partial charge in [-0.1, -0.05) is 0 Å². The summed E-state index contributed by atoms with van der Waals surface area (Å²) < 4.78 is 0. The zero-order chi connectivity index (χ0) is 13.0. The molecular weight excluding hydrogens is 248 g/mol. The van der Waals surface area contributed by atoms with Crippen LogP contribution in [0, 0.1) is 6.92 Å². The topological polar surface area (TPSA) is 80.9 Å². The molecule has 0 aliphatic carbocycles. The average Bonchev–Trinajstić information content (AvgIpc) is 2.85. The molecule has 5 nitrogen and oxygen atoms in total. The summed E-state index contributed by atoms with van der Waals surface area (Å²) in [5, 5.41) is 5.77. The van der Waals surface area contributed by atoms with Gasteiger partial charge < -0.3 is 11.1 Å². The van der Waals surface area contributed by atoms with Gasteiger partial charge in [-0.05, 0) is 13.0 Å². The SMILES string of the molecule is Cc1ncc(N)cc1C(=O)NCCc1nccs1. The maximum Gasteiger partial charge on any atom is 0.253 e. The summed E-state index contributed by atoms with van der Waals surface area (Å²) in [6.07, 6.45) is 4.04. The molecule has 0 saturated heterocycles. The number of hydrogen-bond acceptors (Lipinski definition) is 5. The molecule has 0 bridgehead atoms. The molecule has 2 rings (SSSR count). The maximum absolute atomic E-state index is 11.9. The Morgan fingerprint density at radius 1 is 1.50 bits per heavy atom. The first kappa shape index (κ1) is 12.5. The number of carbonyl (C=O) groups is 1. The fourth-order valence-corrected chi connectivity index (χ4v) is 2.15. The van der Waals surface area contributed by atoms with Crippen molar-refractivity contribution < 1.29 is 4.79 Å². The standard InChI is InChI=1S/C12H14N4OS/c1-8-10(6-9(13)7-16-8)12(17)15-3-2-11-14-4-5-18-11/h4-7H,2-3,13H2,1H3,(H,15,17). The molecule has 0 radical (unpaired) electrons. The van der Waals surface area contributed by atoms with E-state index in [-0.39, 0.29) is 5.91 Å². The predicted octanol–water partition coefficient (Wildman–Crippen LogP) is 1.40. The lowest BCUT2D eigenvalue weighted by atomic mass is 10.2. The predicted molar refractivity (Wildman–Crippen MR) is 71.5 cm³/mol. The number of hydrogen-bond donors (Lipinski definition) is 2. The van der Waals surface area contributed by atoms with Crippen molar-refractivity contribution in [3.8, 4) is 0 Å². The van der Waals surface area contributed by atoms with Gasteiger partial charge in [0.25, 0.3) is 5.91 Å². The molecule has 1 amide bonds. The third kappa shape index (κ3) is 3.04. The van der Waals surface area contributed by atoms with Crippen molar-refractivity contribution in [2.24, 2.45) is 0 Å². The van der Waals surface area contributed by atoms with Crippen LogP contribution >= 0.6 is 11.3 Å². The highest BCUT2D eigenvalue weighted by Gasteiger charge is 2.10. The number of aryl methyl sites for hydroxylation is 1. The van der Waals surface area contributed by atoms with Crippen molar-refractivity contribution in [2.75, 3.05) is 12.3 Å². The Morgan fingerprint density at radius 3 is 3.06 bits per heavy atom. The van der Waals surface area contributed by atoms with Gasteiger partial charge in [0, 0.05) is 24.5 Å². The molecule has 0 aliphatic rings. The molecule has 0 fully saturated rings. The summed E-state index contributed by atoms with van der Waals surface area (Å²) in [7, 11) is 0. The zero-order valence-electron chi connectivity index (χ0n) is 10.0. The first-order valence-electron chi connectivity index (χ1n) is 5.55. The van der Waals surface area contributed by atoms with E-state index in [0.717, 1.165) is 11.4 Å². The number of aromatic nitrogens is 2. The minimum atomic E-state index is -0.149. The fourth-order valence-electron chi connectivity index (χ4n) is 1.53. The van der Waals surface area contributed by atoms with Crippen molar-refractivity contribution in [1.82, 2.24) is 15.3 Å². The number of carbonyl (C=O) groups excluding carboxylic acids is 1. The van der Waals surface area contributed by atoms with Crippen LogP contribution in [0.1, 0.15) is 21.1 Å². The third-order valence-electron chi connectivity index (χ3n) is 2.46. The summed E-state index contributed by atoms with van der Waals surface area (Å²) >= 11 is 1.58. The summed E-state index contributed by atoms with van der Waals surface area (Å²) in [6, 6.07) is 1.64. The highest BCUT2D eigenvalue weighted by molar-refractivity contribution is 7.09. The van der Waals surface area contributed by atoms with Crippen molar-refractivity contribution in [3.05, 3.63) is 40.1 Å². The molecule has 0 saturated carbocycles. The molecule has 2 aromatic rings. The summed E-state index contributed by atoms with van der Waals surface area (Å²) in [5.41, 5.74) is 7.31. The molecule has 18 heavy (non-hydrogen) atoms. The molecule has 0 atom stereocenters. The van der Waals surface area contributed by atoms with Crippen LogP contribution in [0.5, 0.6) is 0 Å². The highest BCUT2D eigenvalue weighted by Crippen LogP contribution is 2.09. The molecule has 94 valence electrons. The van der Waals surface area contributed by atoms with E-state index in [4.69, 9.17) is 5.73 Å². The molecule has 3 N–H and O–H groups in total. The minimum absolute atomic E-state index is 0.149.